The molecule has 0 heterocycles. The van der Waals surface area contributed by atoms with Crippen molar-refractivity contribution >= 4 is 5.91 Å². The minimum atomic E-state index is -1.19. The van der Waals surface area contributed by atoms with E-state index < -0.39 is 4.76 Å². The molecule has 0 radical (unpaired) electrons. The van der Waals surface area contributed by atoms with Gasteiger partial charge >= 0.3 is 5.91 Å². The number of nitrogens with two attached hydrogens (primary N) is 1. The van der Waals surface area contributed by atoms with Gasteiger partial charge in [-0.15, -0.1) is 0 Å². The van der Waals surface area contributed by atoms with E-state index in [-0.39, 0.29) is 12.5 Å². The molecule has 0 bridgehead atoms. The molecule has 0 spiro atoms. The van der Waals surface area contributed by atoms with E-state index >= 15 is 0 Å². The summed E-state index contributed by atoms with van der Waals surface area (Å²) in [7, 11) is 0. The number of quaternary nitrogens is 1. The molecule has 0 aliphatic rings. The number of carbonyl (C=O) groups is 1. The van der Waals surface area contributed by atoms with Crippen molar-refractivity contribution in [3.63, 3.8) is 0 Å². The van der Waals surface area contributed by atoms with Gasteiger partial charge in [-0.25, -0.2) is 9.55 Å². The molecule has 1 unspecified atom stereocenters. The summed E-state index contributed by atoms with van der Waals surface area (Å²) in [6.45, 7) is 4.31. The van der Waals surface area contributed by atoms with E-state index in [1.54, 1.807) is 0 Å². The van der Waals surface area contributed by atoms with Gasteiger partial charge in [0.2, 0.25) is 0 Å². The maximum Gasteiger partial charge on any atom is 0.332 e. The number of amides is 1. The minimum absolute atomic E-state index is 0.184. The van der Waals surface area contributed by atoms with Gasteiger partial charge in [-0.3, -0.25) is 0 Å². The summed E-state index contributed by atoms with van der Waals surface area (Å²) in [6, 6.07) is 0. The Morgan fingerprint density at radius 1 is 0.800 bits per heavy atom. The molecule has 4 heteroatoms. The third-order valence-corrected chi connectivity index (χ3v) is 4.63. The first kappa shape index (κ1) is 24.3. The van der Waals surface area contributed by atoms with Crippen molar-refractivity contribution in [2.75, 3.05) is 6.54 Å². The summed E-state index contributed by atoms with van der Waals surface area (Å²) >= 11 is 0. The lowest BCUT2D eigenvalue weighted by Gasteiger charge is -2.33. The second kappa shape index (κ2) is 16.7. The van der Waals surface area contributed by atoms with Gasteiger partial charge in [0.05, 0.1) is 6.42 Å². The summed E-state index contributed by atoms with van der Waals surface area (Å²) in [5.41, 5.74) is 0. The molecule has 0 rings (SSSR count). The SMILES string of the molecule is CCCCCCCC/C=C\CCCCCCCC(=O)[N+](N)([O-])CCC. The Morgan fingerprint density at radius 3 is 1.80 bits per heavy atom. The average Bonchev–Trinajstić information content (AvgIpc) is 2.58. The summed E-state index contributed by atoms with van der Waals surface area (Å²) in [5.74, 6) is 5.08. The van der Waals surface area contributed by atoms with Crippen LogP contribution < -0.4 is 5.84 Å². The van der Waals surface area contributed by atoms with Gasteiger partial charge in [0, 0.05) is 0 Å². The van der Waals surface area contributed by atoms with Crippen LogP contribution in [0, 0.1) is 5.21 Å². The van der Waals surface area contributed by atoms with Crippen LogP contribution in [0.3, 0.4) is 0 Å². The van der Waals surface area contributed by atoms with Gasteiger partial charge in [-0.2, -0.15) is 5.84 Å². The van der Waals surface area contributed by atoms with Gasteiger partial charge < -0.3 is 5.21 Å². The van der Waals surface area contributed by atoms with Crippen LogP contribution in [0.2, 0.25) is 0 Å². The first-order valence-electron chi connectivity index (χ1n) is 10.6. The van der Waals surface area contributed by atoms with Crippen LogP contribution in [-0.2, 0) is 4.79 Å². The third kappa shape index (κ3) is 15.3. The summed E-state index contributed by atoms with van der Waals surface area (Å²) < 4.78 is -1.19. The van der Waals surface area contributed by atoms with Crippen LogP contribution in [0.5, 0.6) is 0 Å². The standard InChI is InChI=1S/C21H42N2O2/c1-3-5-6-7-8-9-10-11-12-13-14-15-16-17-18-19-21(24)23(22,25)20-4-2/h11-12H,3-10,13-20,22H2,1-2H3/b12-11-. The van der Waals surface area contributed by atoms with Crippen LogP contribution >= 0.6 is 0 Å². The Labute approximate surface area is 156 Å². The lowest BCUT2D eigenvalue weighted by molar-refractivity contribution is -0.816. The van der Waals surface area contributed by atoms with Crippen LogP contribution in [0.4, 0.5) is 0 Å². The van der Waals surface area contributed by atoms with Crippen molar-refractivity contribution in [3.05, 3.63) is 17.4 Å². The van der Waals surface area contributed by atoms with E-state index in [4.69, 9.17) is 5.84 Å². The van der Waals surface area contributed by atoms with E-state index in [0.717, 1.165) is 25.7 Å². The van der Waals surface area contributed by atoms with E-state index in [1.165, 1.54) is 57.8 Å². The second-order valence-corrected chi connectivity index (χ2v) is 7.25. The number of carbonyl (C=O) groups excluding carboxylic acids is 1. The molecule has 0 fully saturated rings. The zero-order valence-electron chi connectivity index (χ0n) is 16.8. The van der Waals surface area contributed by atoms with E-state index in [2.05, 4.69) is 19.1 Å². The molecule has 1 atom stereocenters. The predicted octanol–water partition coefficient (Wildman–Crippen LogP) is 6.15. The van der Waals surface area contributed by atoms with Crippen LogP contribution in [0.1, 0.15) is 110 Å². The summed E-state index contributed by atoms with van der Waals surface area (Å²) in [6.07, 6.45) is 21.5. The van der Waals surface area contributed by atoms with Crippen molar-refractivity contribution in [1.82, 2.24) is 0 Å². The molecule has 0 aromatic rings. The molecule has 148 valence electrons. The molecule has 0 saturated carbocycles. The zero-order chi connectivity index (χ0) is 18.8. The van der Waals surface area contributed by atoms with Crippen LogP contribution in [0.15, 0.2) is 12.2 Å². The highest BCUT2D eigenvalue weighted by atomic mass is 16.6. The first-order valence-corrected chi connectivity index (χ1v) is 10.6. The second-order valence-electron chi connectivity index (χ2n) is 7.25. The molecule has 0 saturated heterocycles. The quantitative estimate of drug-likeness (QED) is 0.0850. The highest BCUT2D eigenvalue weighted by Crippen LogP contribution is 2.11. The molecular formula is C21H42N2O2. The van der Waals surface area contributed by atoms with Gasteiger partial charge in [-0.05, 0) is 38.5 Å². The Kier molecular flexibility index (Phi) is 16.3. The Morgan fingerprint density at radius 2 is 1.28 bits per heavy atom. The van der Waals surface area contributed by atoms with Crippen molar-refractivity contribution in [2.45, 2.75) is 110 Å². The lowest BCUT2D eigenvalue weighted by Crippen LogP contribution is -2.54. The van der Waals surface area contributed by atoms with Crippen molar-refractivity contribution in [3.8, 4) is 0 Å². The minimum Gasteiger partial charge on any atom is -0.604 e. The smallest absolute Gasteiger partial charge is 0.332 e. The molecule has 4 nitrogen and oxygen atoms in total. The number of unbranched alkanes of at least 4 members (excludes halogenated alkanes) is 11. The van der Waals surface area contributed by atoms with Crippen molar-refractivity contribution in [1.29, 1.82) is 0 Å². The number of hydrogen-bond donors (Lipinski definition) is 1. The first-order chi connectivity index (χ1) is 12.0. The zero-order valence-corrected chi connectivity index (χ0v) is 16.8. The van der Waals surface area contributed by atoms with Crippen molar-refractivity contribution in [2.24, 2.45) is 5.84 Å². The van der Waals surface area contributed by atoms with Crippen molar-refractivity contribution < 1.29 is 9.55 Å². The highest BCUT2D eigenvalue weighted by Gasteiger charge is 2.21. The fourth-order valence-electron chi connectivity index (χ4n) is 2.99. The maximum absolute atomic E-state index is 11.7. The number of nitrogens with zero attached hydrogens (tertiary/aromatic N) is 1. The van der Waals surface area contributed by atoms with Gasteiger partial charge in [0.15, 0.2) is 0 Å². The fraction of sp³-hybridized carbons (Fsp3) is 0.857. The van der Waals surface area contributed by atoms with Gasteiger partial charge in [0.1, 0.15) is 6.54 Å². The highest BCUT2D eigenvalue weighted by molar-refractivity contribution is 5.68. The number of hydrogen-bond acceptors (Lipinski definition) is 3. The molecular weight excluding hydrogens is 312 g/mol. The molecule has 1 amide bonds. The average molecular weight is 355 g/mol. The van der Waals surface area contributed by atoms with E-state index in [1.807, 2.05) is 6.92 Å². The Hall–Kier alpha value is -0.710. The maximum atomic E-state index is 11.7. The van der Waals surface area contributed by atoms with Gasteiger partial charge in [0.25, 0.3) is 0 Å². The Bertz CT molecular complexity index is 341. The topological polar surface area (TPSA) is 66.2 Å². The summed E-state index contributed by atoms with van der Waals surface area (Å²) in [5, 5.41) is 11.7. The number of rotatable bonds is 17. The predicted molar refractivity (Wildman–Crippen MR) is 107 cm³/mol. The molecule has 0 aliphatic carbocycles. The molecule has 0 aliphatic heterocycles. The van der Waals surface area contributed by atoms with Crippen LogP contribution in [-0.4, -0.2) is 17.2 Å². The third-order valence-electron chi connectivity index (χ3n) is 4.63. The molecule has 25 heavy (non-hydrogen) atoms. The monoisotopic (exact) mass is 354 g/mol. The largest absolute Gasteiger partial charge is 0.604 e. The number of hydroxylamine groups is 2. The lowest BCUT2D eigenvalue weighted by atomic mass is 10.1. The van der Waals surface area contributed by atoms with E-state index in [9.17, 15) is 10.0 Å². The molecule has 0 aromatic carbocycles. The van der Waals surface area contributed by atoms with Gasteiger partial charge in [-0.1, -0.05) is 77.4 Å². The Balaban J connectivity index is 3.36. The summed E-state index contributed by atoms with van der Waals surface area (Å²) in [4.78, 5) is 11.7. The molecule has 2 N–H and O–H groups in total. The molecule has 0 aromatic heterocycles. The fourth-order valence-corrected chi connectivity index (χ4v) is 2.99. The normalized spacial score (nSPS) is 14.1. The van der Waals surface area contributed by atoms with Crippen LogP contribution in [0.25, 0.3) is 0 Å². The number of allylic oxidation sites excluding steroid dienone is 2. The van der Waals surface area contributed by atoms with E-state index in [0.29, 0.717) is 12.8 Å².